The van der Waals surface area contributed by atoms with Crippen molar-refractivity contribution in [1.82, 2.24) is 0 Å². The van der Waals surface area contributed by atoms with E-state index in [1.165, 1.54) is 0 Å². The Morgan fingerprint density at radius 2 is 1.14 bits per heavy atom. The molecule has 0 saturated heterocycles. The third kappa shape index (κ3) is 44.3. The fourth-order valence-electron chi connectivity index (χ4n) is 0. The molecule has 0 aliphatic carbocycles. The Kier molecular flexibility index (Phi) is 154. The first-order chi connectivity index (χ1) is 1.41. The van der Waals surface area contributed by atoms with E-state index in [-0.39, 0.29) is 96.1 Å². The Balaban J connectivity index is -0.00000000333. The maximum Gasteiger partial charge on any atom is 0 e. The second kappa shape index (κ2) is 34.2. The second-order valence-corrected chi connectivity index (χ2v) is 0.178. The molecule has 0 aromatic rings. The van der Waals surface area contributed by atoms with Gasteiger partial charge in [0.1, 0.15) is 0 Å². The molecular formula is HCaCrCuF2FeI. The minimum atomic E-state index is -1.19. The van der Waals surface area contributed by atoms with Crippen LogP contribution in [0.5, 0.6) is 0 Å². The van der Waals surface area contributed by atoms with Crippen molar-refractivity contribution in [3.8, 4) is 0 Å². The van der Waals surface area contributed by atoms with E-state index in [0.29, 0.717) is 0 Å². The van der Waals surface area contributed by atoms with Crippen molar-refractivity contribution in [3.63, 3.8) is 0 Å². The van der Waals surface area contributed by atoms with Gasteiger partial charge in [-0.05, 0) is 0 Å². The van der Waals surface area contributed by atoms with Gasteiger partial charge in [0.25, 0.3) is 0 Å². The number of hydrogen-bond acceptors (Lipinski definition) is 0. The molecular weight excluding hydrogens is 376 g/mol. The van der Waals surface area contributed by atoms with Gasteiger partial charge in [0.15, 0.2) is 0 Å². The van der Waals surface area contributed by atoms with Crippen molar-refractivity contribution < 1.29 is 57.4 Å². The summed E-state index contributed by atoms with van der Waals surface area (Å²) in [5, 5.41) is 0. The van der Waals surface area contributed by atoms with Crippen LogP contribution in [0.15, 0.2) is 0 Å². The zero-order valence-electron chi connectivity index (χ0n) is 2.93. The molecule has 0 nitrogen and oxygen atoms in total. The Bertz CT molecular complexity index is 17.7. The van der Waals surface area contributed by atoms with Crippen LogP contribution in [0, 0.1) is 0 Å². The first-order valence-corrected chi connectivity index (χ1v) is 0.940. The van der Waals surface area contributed by atoms with Gasteiger partial charge in [-0.2, -0.15) is 0 Å². The van der Waals surface area contributed by atoms with E-state index in [9.17, 15) is 7.10 Å². The topological polar surface area (TPSA) is 0 Å². The molecule has 7 heavy (non-hydrogen) atoms. The quantitative estimate of drug-likeness (QED) is 0.438. The molecule has 7 heteroatoms. The summed E-state index contributed by atoms with van der Waals surface area (Å²) >= 11 is -1.19. The molecule has 2 radical (unpaired) electrons. The largest absolute Gasteiger partial charge is 0 e. The van der Waals surface area contributed by atoms with Gasteiger partial charge in [-0.25, -0.2) is 0 Å². The Morgan fingerprint density at radius 1 is 1.14 bits per heavy atom. The zero-order valence-corrected chi connectivity index (χ0v) is 10.8. The van der Waals surface area contributed by atoms with Crippen molar-refractivity contribution in [1.29, 1.82) is 0 Å². The van der Waals surface area contributed by atoms with E-state index in [1.807, 2.05) is 0 Å². The predicted molar refractivity (Wildman–Crippen MR) is 23.4 cm³/mol. The minimum Gasteiger partial charge on any atom is 0 e. The van der Waals surface area contributed by atoms with Gasteiger partial charge in [0, 0.05) is 72.2 Å². The average Bonchev–Trinajstić information content (AvgIpc) is 0.918. The summed E-state index contributed by atoms with van der Waals surface area (Å²) < 4.78 is 19.1. The summed E-state index contributed by atoms with van der Waals surface area (Å²) in [7, 11) is 0. The molecule has 0 bridgehead atoms. The fourth-order valence-corrected chi connectivity index (χ4v) is 0. The number of hydrogen-bond donors (Lipinski definition) is 0. The normalized spacial score (nSPS) is 3.14. The van der Waals surface area contributed by atoms with Crippen LogP contribution < -0.4 is 0 Å². The summed E-state index contributed by atoms with van der Waals surface area (Å²) in [4.78, 5) is 0. The van der Waals surface area contributed by atoms with Crippen LogP contribution >= 0.6 is 24.0 Å². The molecule has 0 aromatic heterocycles. The van der Waals surface area contributed by atoms with E-state index in [0.717, 1.165) is 0 Å². The molecule has 0 atom stereocenters. The van der Waals surface area contributed by atoms with Crippen molar-refractivity contribution in [2.24, 2.45) is 0 Å². The van der Waals surface area contributed by atoms with Crippen LogP contribution in [0.3, 0.4) is 0 Å². The number of rotatable bonds is 0. The van der Waals surface area contributed by atoms with Crippen molar-refractivity contribution in [2.75, 3.05) is 0 Å². The smallest absolute Gasteiger partial charge is 0 e. The van der Waals surface area contributed by atoms with E-state index >= 15 is 0 Å². The molecule has 0 rings (SSSR count). The molecule has 0 saturated carbocycles. The standard InChI is InChI=1S/Ca.Cr.Cu.2FH.Fe.HI/h;;;2*1H;;1H/q;;+2;;;;/p-2. The van der Waals surface area contributed by atoms with Crippen LogP contribution in [-0.4, -0.2) is 37.7 Å². The van der Waals surface area contributed by atoms with Gasteiger partial charge in [-0.15, -0.1) is 24.0 Å². The first kappa shape index (κ1) is 31.5. The van der Waals surface area contributed by atoms with Crippen LogP contribution in [0.2, 0.25) is 0 Å². The van der Waals surface area contributed by atoms with E-state index < -0.39 is 15.9 Å². The molecule has 0 fully saturated rings. The molecule has 0 amide bonds. The molecule has 0 N–H and O–H groups in total. The summed E-state index contributed by atoms with van der Waals surface area (Å²) in [6.07, 6.45) is 0. The average molecular weight is 377 g/mol. The first-order valence-electron chi connectivity index (χ1n) is 0.228. The molecule has 0 aromatic carbocycles. The van der Waals surface area contributed by atoms with Gasteiger partial charge in [0.05, 0.1) is 0 Å². The monoisotopic (exact) mass is 377 g/mol. The van der Waals surface area contributed by atoms with Crippen LogP contribution in [0.4, 0.5) is 7.10 Å². The fraction of sp³-hybridized carbons (Fsp3) is 0. The Labute approximate surface area is 117 Å². The molecule has 49 valence electrons. The molecule has 0 aliphatic rings. The zero-order chi connectivity index (χ0) is 2.71. The maximum absolute atomic E-state index is 9.53. The molecule has 0 spiro atoms. The van der Waals surface area contributed by atoms with Gasteiger partial charge in [-0.3, -0.25) is 0 Å². The second-order valence-electron chi connectivity index (χ2n) is 0.0431. The van der Waals surface area contributed by atoms with Gasteiger partial charge in [0.2, 0.25) is 0 Å². The Hall–Kier alpha value is 3.42. The third-order valence-corrected chi connectivity index (χ3v) is 0. The molecule has 0 heterocycles. The molecule has 0 aliphatic heterocycles. The number of halogens is 3. The van der Waals surface area contributed by atoms with Gasteiger partial charge < -0.3 is 0 Å². The molecule has 0 unspecified atom stereocenters. The predicted octanol–water partition coefficient (Wildman–Crippen LogP) is 1.07. The summed E-state index contributed by atoms with van der Waals surface area (Å²) in [6.45, 7) is 0. The third-order valence-electron chi connectivity index (χ3n) is 0. The van der Waals surface area contributed by atoms with E-state index in [2.05, 4.69) is 0 Å². The van der Waals surface area contributed by atoms with Gasteiger partial charge in [-0.1, -0.05) is 0 Å². The van der Waals surface area contributed by atoms with Crippen LogP contribution in [0.25, 0.3) is 0 Å². The van der Waals surface area contributed by atoms with E-state index in [1.54, 1.807) is 0 Å². The van der Waals surface area contributed by atoms with Crippen LogP contribution in [0.1, 0.15) is 0 Å². The van der Waals surface area contributed by atoms with Gasteiger partial charge >= 0.3 is 23.0 Å². The van der Waals surface area contributed by atoms with E-state index in [4.69, 9.17) is 0 Å². The summed E-state index contributed by atoms with van der Waals surface area (Å²) in [5.74, 6) is 0. The summed E-state index contributed by atoms with van der Waals surface area (Å²) in [6, 6.07) is 0. The van der Waals surface area contributed by atoms with Crippen molar-refractivity contribution in [2.45, 2.75) is 0 Å². The Morgan fingerprint density at radius 3 is 1.14 bits per heavy atom. The minimum absolute atomic E-state index is 0. The maximum atomic E-state index is 9.53. The van der Waals surface area contributed by atoms with Crippen LogP contribution in [-0.2, 0) is 50.3 Å². The SMILES string of the molecule is I.[Ca].[Cr].[F][Cu][F].[Fe]. The van der Waals surface area contributed by atoms with Crippen molar-refractivity contribution in [3.05, 3.63) is 0 Å². The summed E-state index contributed by atoms with van der Waals surface area (Å²) in [5.41, 5.74) is 0. The van der Waals surface area contributed by atoms with Crippen molar-refractivity contribution >= 4 is 61.7 Å².